The summed E-state index contributed by atoms with van der Waals surface area (Å²) >= 11 is 6.81. The second-order valence-electron chi connectivity index (χ2n) is 3.87. The Morgan fingerprint density at radius 3 is 2.31 bits per heavy atom. The lowest BCUT2D eigenvalue weighted by Gasteiger charge is -2.17. The van der Waals surface area contributed by atoms with Gasteiger partial charge in [-0.2, -0.15) is 0 Å². The van der Waals surface area contributed by atoms with Gasteiger partial charge in [0.1, 0.15) is 0 Å². The van der Waals surface area contributed by atoms with Gasteiger partial charge in [0, 0.05) is 9.30 Å². The normalized spacial score (nSPS) is 14.1. The zero-order valence-electron chi connectivity index (χ0n) is 8.94. The van der Waals surface area contributed by atoms with Crippen LogP contribution in [0.15, 0.2) is 27.6 Å². The molecule has 2 N–H and O–H groups in total. The number of rotatable bonds is 3. The summed E-state index contributed by atoms with van der Waals surface area (Å²) in [5.74, 6) is 0.273. The van der Waals surface area contributed by atoms with E-state index >= 15 is 0 Å². The highest BCUT2D eigenvalue weighted by Gasteiger charge is 2.21. The SMILES string of the molecule is CC(C)C(Br)c1cc(Br)ccc1S(N)(=O)=O. The molecule has 3 nitrogen and oxygen atoms in total. The smallest absolute Gasteiger partial charge is 0.225 e. The summed E-state index contributed by atoms with van der Waals surface area (Å²) in [6, 6.07) is 4.97. The van der Waals surface area contributed by atoms with Crippen LogP contribution in [0.5, 0.6) is 0 Å². The van der Waals surface area contributed by atoms with Crippen LogP contribution in [0, 0.1) is 5.92 Å². The third kappa shape index (κ3) is 3.29. The first kappa shape index (κ1) is 14.2. The average Bonchev–Trinajstić information content (AvgIpc) is 2.14. The molecule has 0 saturated carbocycles. The first-order chi connectivity index (χ1) is 7.23. The molecule has 0 saturated heterocycles. The number of primary sulfonamides is 1. The van der Waals surface area contributed by atoms with Crippen molar-refractivity contribution in [3.8, 4) is 0 Å². The Morgan fingerprint density at radius 2 is 1.88 bits per heavy atom. The molecule has 90 valence electrons. The van der Waals surface area contributed by atoms with Gasteiger partial charge in [-0.3, -0.25) is 0 Å². The van der Waals surface area contributed by atoms with Crippen LogP contribution in [0.2, 0.25) is 0 Å². The lowest BCUT2D eigenvalue weighted by molar-refractivity contribution is 0.591. The summed E-state index contributed by atoms with van der Waals surface area (Å²) in [6.45, 7) is 4.01. The molecule has 0 fully saturated rings. The van der Waals surface area contributed by atoms with E-state index in [1.54, 1.807) is 12.1 Å². The maximum absolute atomic E-state index is 11.4. The van der Waals surface area contributed by atoms with E-state index in [2.05, 4.69) is 31.9 Å². The van der Waals surface area contributed by atoms with Crippen molar-refractivity contribution in [2.24, 2.45) is 11.1 Å². The number of hydrogen-bond acceptors (Lipinski definition) is 2. The standard InChI is InChI=1S/C10H13Br2NO2S/c1-6(2)10(12)8-5-7(11)3-4-9(8)16(13,14)15/h3-6,10H,1-2H3,(H2,13,14,15). The Labute approximate surface area is 113 Å². The molecule has 0 aliphatic carbocycles. The number of halogens is 2. The molecule has 1 atom stereocenters. The minimum absolute atomic E-state index is 0.0432. The first-order valence-corrected chi connectivity index (χ1v) is 7.95. The number of hydrogen-bond donors (Lipinski definition) is 1. The Kier molecular flexibility index (Phi) is 4.57. The van der Waals surface area contributed by atoms with Crippen molar-refractivity contribution in [1.29, 1.82) is 0 Å². The van der Waals surface area contributed by atoms with Crippen molar-refractivity contribution in [2.75, 3.05) is 0 Å². The van der Waals surface area contributed by atoms with Crippen LogP contribution >= 0.6 is 31.9 Å². The fraction of sp³-hybridized carbons (Fsp3) is 0.400. The second kappa shape index (κ2) is 5.16. The van der Waals surface area contributed by atoms with Crippen molar-refractivity contribution in [3.05, 3.63) is 28.2 Å². The third-order valence-corrected chi connectivity index (χ3v) is 5.19. The van der Waals surface area contributed by atoms with Crippen LogP contribution < -0.4 is 5.14 Å². The van der Waals surface area contributed by atoms with E-state index in [-0.39, 0.29) is 15.6 Å². The van der Waals surface area contributed by atoms with Gasteiger partial charge in [-0.15, -0.1) is 0 Å². The minimum Gasteiger partial charge on any atom is -0.225 e. The highest BCUT2D eigenvalue weighted by atomic mass is 79.9. The van der Waals surface area contributed by atoms with Crippen LogP contribution in [-0.2, 0) is 10.0 Å². The van der Waals surface area contributed by atoms with Crippen molar-refractivity contribution in [2.45, 2.75) is 23.6 Å². The predicted molar refractivity (Wildman–Crippen MR) is 72.0 cm³/mol. The number of benzene rings is 1. The molecule has 1 unspecified atom stereocenters. The van der Waals surface area contributed by atoms with Crippen molar-refractivity contribution in [1.82, 2.24) is 0 Å². The second-order valence-corrected chi connectivity index (χ2v) is 7.30. The quantitative estimate of drug-likeness (QED) is 0.830. The first-order valence-electron chi connectivity index (χ1n) is 4.70. The summed E-state index contributed by atoms with van der Waals surface area (Å²) in [5.41, 5.74) is 0.687. The van der Waals surface area contributed by atoms with Gasteiger partial charge >= 0.3 is 0 Å². The Morgan fingerprint density at radius 1 is 1.31 bits per heavy atom. The number of alkyl halides is 1. The summed E-state index contributed by atoms with van der Waals surface area (Å²) < 4.78 is 23.7. The highest BCUT2D eigenvalue weighted by molar-refractivity contribution is 9.10. The summed E-state index contributed by atoms with van der Waals surface area (Å²) in [5, 5.41) is 5.18. The molecular weight excluding hydrogens is 358 g/mol. The maximum atomic E-state index is 11.4. The van der Waals surface area contributed by atoms with Crippen molar-refractivity contribution >= 4 is 41.9 Å². The summed E-state index contributed by atoms with van der Waals surface area (Å²) in [6.07, 6.45) is 0. The fourth-order valence-electron chi connectivity index (χ4n) is 1.35. The molecule has 0 aromatic heterocycles. The van der Waals surface area contributed by atoms with Gasteiger partial charge in [-0.25, -0.2) is 13.6 Å². The van der Waals surface area contributed by atoms with Gasteiger partial charge in [0.2, 0.25) is 10.0 Å². The predicted octanol–water partition coefficient (Wildman–Crippen LogP) is 3.19. The Hall–Kier alpha value is 0.0900. The average molecular weight is 371 g/mol. The minimum atomic E-state index is -3.68. The lowest BCUT2D eigenvalue weighted by Crippen LogP contribution is -2.16. The molecule has 0 bridgehead atoms. The van der Waals surface area contributed by atoms with Gasteiger partial charge in [-0.05, 0) is 29.7 Å². The Balaban J connectivity index is 3.41. The molecule has 1 aromatic carbocycles. The molecule has 0 aliphatic rings. The van der Waals surface area contributed by atoms with Crippen LogP contribution in [-0.4, -0.2) is 8.42 Å². The Bertz CT molecular complexity index is 486. The summed E-state index contributed by atoms with van der Waals surface area (Å²) in [7, 11) is -3.68. The molecule has 6 heteroatoms. The van der Waals surface area contributed by atoms with Crippen molar-refractivity contribution < 1.29 is 8.42 Å². The van der Waals surface area contributed by atoms with Gasteiger partial charge in [0.05, 0.1) is 4.90 Å². The molecule has 0 aliphatic heterocycles. The molecule has 0 radical (unpaired) electrons. The highest BCUT2D eigenvalue weighted by Crippen LogP contribution is 2.35. The van der Waals surface area contributed by atoms with E-state index in [9.17, 15) is 8.42 Å². The zero-order chi connectivity index (χ0) is 12.5. The number of sulfonamides is 1. The summed E-state index contributed by atoms with van der Waals surface area (Å²) in [4.78, 5) is 0.129. The van der Waals surface area contributed by atoms with E-state index < -0.39 is 10.0 Å². The zero-order valence-corrected chi connectivity index (χ0v) is 12.9. The molecular formula is C10H13Br2NO2S. The molecule has 0 spiro atoms. The largest absolute Gasteiger partial charge is 0.238 e. The van der Waals surface area contributed by atoms with Crippen LogP contribution in [0.4, 0.5) is 0 Å². The fourth-order valence-corrected chi connectivity index (χ4v) is 3.03. The van der Waals surface area contributed by atoms with Gasteiger partial charge < -0.3 is 0 Å². The van der Waals surface area contributed by atoms with Crippen molar-refractivity contribution in [3.63, 3.8) is 0 Å². The van der Waals surface area contributed by atoms with E-state index in [0.29, 0.717) is 5.56 Å². The van der Waals surface area contributed by atoms with E-state index in [1.165, 1.54) is 6.07 Å². The van der Waals surface area contributed by atoms with Gasteiger partial charge in [-0.1, -0.05) is 45.7 Å². The lowest BCUT2D eigenvalue weighted by atomic mass is 10.0. The molecule has 16 heavy (non-hydrogen) atoms. The number of nitrogens with two attached hydrogens (primary N) is 1. The van der Waals surface area contributed by atoms with Crippen LogP contribution in [0.1, 0.15) is 24.2 Å². The molecule has 0 heterocycles. The molecule has 1 aromatic rings. The maximum Gasteiger partial charge on any atom is 0.238 e. The molecule has 0 amide bonds. The topological polar surface area (TPSA) is 60.2 Å². The van der Waals surface area contributed by atoms with E-state index in [4.69, 9.17) is 5.14 Å². The van der Waals surface area contributed by atoms with Crippen LogP contribution in [0.3, 0.4) is 0 Å². The molecule has 1 rings (SSSR count). The monoisotopic (exact) mass is 369 g/mol. The third-order valence-electron chi connectivity index (χ3n) is 2.16. The van der Waals surface area contributed by atoms with E-state index in [1.807, 2.05) is 13.8 Å². The van der Waals surface area contributed by atoms with E-state index in [0.717, 1.165) is 4.47 Å². The van der Waals surface area contributed by atoms with Gasteiger partial charge in [0.25, 0.3) is 0 Å². The van der Waals surface area contributed by atoms with Crippen LogP contribution in [0.25, 0.3) is 0 Å². The van der Waals surface area contributed by atoms with Gasteiger partial charge in [0.15, 0.2) is 0 Å².